The van der Waals surface area contributed by atoms with Gasteiger partial charge in [0.1, 0.15) is 0 Å². The minimum Gasteiger partial charge on any atom is -0.464 e. The Hall–Kier alpha value is -1.63. The summed E-state index contributed by atoms with van der Waals surface area (Å²) in [6.07, 6.45) is -0.666. The molecular weight excluding hydrogens is 290 g/mol. The molecule has 0 aromatic rings. The minimum absolute atomic E-state index is 0.105. The SMILES string of the molecule is CCOC(=O)C1(C(=O)OCC)C[C@@H](C)[C@@H]2[C@@H]([C@@H](C)O)C(=O)N21. The first kappa shape index (κ1) is 16.7. The van der Waals surface area contributed by atoms with Crippen LogP contribution in [0.25, 0.3) is 0 Å². The Morgan fingerprint density at radius 2 is 1.82 bits per heavy atom. The van der Waals surface area contributed by atoms with Crippen LogP contribution in [0.4, 0.5) is 0 Å². The van der Waals surface area contributed by atoms with Crippen molar-refractivity contribution in [3.05, 3.63) is 0 Å². The van der Waals surface area contributed by atoms with Crippen molar-refractivity contribution in [2.45, 2.75) is 51.8 Å². The molecule has 2 heterocycles. The monoisotopic (exact) mass is 313 g/mol. The number of ether oxygens (including phenoxy) is 2. The maximum atomic E-state index is 12.5. The van der Waals surface area contributed by atoms with E-state index in [0.29, 0.717) is 0 Å². The Morgan fingerprint density at radius 1 is 1.32 bits per heavy atom. The highest BCUT2D eigenvalue weighted by Gasteiger charge is 2.71. The molecule has 0 radical (unpaired) electrons. The van der Waals surface area contributed by atoms with Gasteiger partial charge in [-0.15, -0.1) is 0 Å². The number of β-lactam (4-membered cyclic amide) rings is 1. The molecule has 2 saturated heterocycles. The largest absolute Gasteiger partial charge is 0.464 e. The van der Waals surface area contributed by atoms with Crippen molar-refractivity contribution in [2.24, 2.45) is 11.8 Å². The number of hydrogen-bond acceptors (Lipinski definition) is 6. The van der Waals surface area contributed by atoms with Crippen LogP contribution in [0.2, 0.25) is 0 Å². The molecule has 124 valence electrons. The molecular formula is C15H23NO6. The molecule has 0 unspecified atom stereocenters. The quantitative estimate of drug-likeness (QED) is 0.439. The number of nitrogens with zero attached hydrogens (tertiary/aromatic N) is 1. The maximum absolute atomic E-state index is 12.5. The lowest BCUT2D eigenvalue weighted by molar-refractivity contribution is -0.192. The van der Waals surface area contributed by atoms with E-state index in [2.05, 4.69) is 0 Å². The minimum atomic E-state index is -1.71. The molecule has 2 rings (SSSR count). The van der Waals surface area contributed by atoms with E-state index in [4.69, 9.17) is 9.47 Å². The summed E-state index contributed by atoms with van der Waals surface area (Å²) in [5.41, 5.74) is -1.71. The van der Waals surface area contributed by atoms with E-state index >= 15 is 0 Å². The van der Waals surface area contributed by atoms with Gasteiger partial charge in [-0.1, -0.05) is 6.92 Å². The lowest BCUT2D eigenvalue weighted by atomic mass is 9.79. The molecule has 0 aromatic heterocycles. The number of aliphatic hydroxyl groups is 1. The van der Waals surface area contributed by atoms with E-state index in [9.17, 15) is 19.5 Å². The van der Waals surface area contributed by atoms with Gasteiger partial charge in [0.15, 0.2) is 0 Å². The zero-order valence-electron chi connectivity index (χ0n) is 13.4. The second-order valence-electron chi connectivity index (χ2n) is 5.95. The molecule has 0 aliphatic carbocycles. The highest BCUT2D eigenvalue weighted by molar-refractivity contribution is 6.10. The van der Waals surface area contributed by atoms with E-state index in [0.717, 1.165) is 0 Å². The van der Waals surface area contributed by atoms with Gasteiger partial charge in [-0.2, -0.15) is 0 Å². The van der Waals surface area contributed by atoms with Crippen LogP contribution in [0.1, 0.15) is 34.1 Å². The number of esters is 2. The average Bonchev–Trinajstić information content (AvgIpc) is 2.69. The molecule has 7 heteroatoms. The first-order valence-electron chi connectivity index (χ1n) is 7.68. The number of rotatable bonds is 5. The molecule has 2 aliphatic rings. The van der Waals surface area contributed by atoms with E-state index in [1.54, 1.807) is 20.8 Å². The number of carbonyl (C=O) groups excluding carboxylic acids is 3. The van der Waals surface area contributed by atoms with Gasteiger partial charge in [0.2, 0.25) is 11.4 Å². The average molecular weight is 313 g/mol. The molecule has 22 heavy (non-hydrogen) atoms. The molecule has 0 saturated carbocycles. The number of aliphatic hydroxyl groups excluding tert-OH is 1. The number of fused-ring (bicyclic) bond motifs is 1. The Kier molecular flexibility index (Phi) is 4.47. The molecule has 0 aromatic carbocycles. The second kappa shape index (κ2) is 5.87. The number of amides is 1. The van der Waals surface area contributed by atoms with Gasteiger partial charge >= 0.3 is 11.9 Å². The Labute approximate surface area is 129 Å². The fraction of sp³-hybridized carbons (Fsp3) is 0.800. The molecule has 4 atom stereocenters. The standard InChI is InChI=1S/C15H23NO6/c1-5-21-13(19)15(14(20)22-6-2)7-8(3)11-10(9(4)17)12(18)16(11)15/h8-11,17H,5-7H2,1-4H3/t8-,9-,10-,11-/m1/s1. The summed E-state index contributed by atoms with van der Waals surface area (Å²) in [6.45, 7) is 6.91. The maximum Gasteiger partial charge on any atom is 0.343 e. The third kappa shape index (κ3) is 2.10. The van der Waals surface area contributed by atoms with Crippen LogP contribution in [0, 0.1) is 11.8 Å². The van der Waals surface area contributed by atoms with Crippen LogP contribution >= 0.6 is 0 Å². The highest BCUT2D eigenvalue weighted by atomic mass is 16.6. The zero-order chi connectivity index (χ0) is 16.7. The van der Waals surface area contributed by atoms with Crippen molar-refractivity contribution in [3.8, 4) is 0 Å². The van der Waals surface area contributed by atoms with Crippen LogP contribution in [-0.2, 0) is 23.9 Å². The van der Waals surface area contributed by atoms with Gasteiger partial charge in [0, 0.05) is 0 Å². The third-order valence-electron chi connectivity index (χ3n) is 4.55. The summed E-state index contributed by atoms with van der Waals surface area (Å²) in [7, 11) is 0. The molecule has 0 spiro atoms. The predicted molar refractivity (Wildman–Crippen MR) is 75.6 cm³/mol. The summed E-state index contributed by atoms with van der Waals surface area (Å²) in [5, 5.41) is 9.78. The van der Waals surface area contributed by atoms with E-state index in [1.807, 2.05) is 6.92 Å². The summed E-state index contributed by atoms with van der Waals surface area (Å²) < 4.78 is 10.1. The van der Waals surface area contributed by atoms with Crippen LogP contribution in [0.15, 0.2) is 0 Å². The van der Waals surface area contributed by atoms with E-state index in [1.165, 1.54) is 4.90 Å². The van der Waals surface area contributed by atoms with Crippen molar-refractivity contribution in [2.75, 3.05) is 13.2 Å². The summed E-state index contributed by atoms with van der Waals surface area (Å²) in [6, 6.07) is -0.346. The normalized spacial score (nSPS) is 30.3. The van der Waals surface area contributed by atoms with Crippen LogP contribution < -0.4 is 0 Å². The summed E-state index contributed by atoms with van der Waals surface area (Å²) in [4.78, 5) is 38.6. The van der Waals surface area contributed by atoms with Gasteiger partial charge in [-0.05, 0) is 33.1 Å². The lowest BCUT2D eigenvalue weighted by Crippen LogP contribution is -2.72. The lowest BCUT2D eigenvalue weighted by Gasteiger charge is -2.50. The van der Waals surface area contributed by atoms with Crippen molar-refractivity contribution < 1.29 is 29.0 Å². The van der Waals surface area contributed by atoms with Crippen molar-refractivity contribution in [1.82, 2.24) is 4.90 Å². The molecule has 7 nitrogen and oxygen atoms in total. The van der Waals surface area contributed by atoms with Crippen molar-refractivity contribution in [1.29, 1.82) is 0 Å². The van der Waals surface area contributed by atoms with Crippen LogP contribution in [0.5, 0.6) is 0 Å². The second-order valence-corrected chi connectivity index (χ2v) is 5.95. The fourth-order valence-electron chi connectivity index (χ4n) is 3.71. The first-order chi connectivity index (χ1) is 10.3. The molecule has 0 bridgehead atoms. The molecule has 1 amide bonds. The molecule has 1 N–H and O–H groups in total. The van der Waals surface area contributed by atoms with Gasteiger partial charge in [0.05, 0.1) is 31.3 Å². The third-order valence-corrected chi connectivity index (χ3v) is 4.55. The number of carbonyl (C=O) groups is 3. The number of hydrogen-bond donors (Lipinski definition) is 1. The topological polar surface area (TPSA) is 93.1 Å². The molecule has 2 fully saturated rings. The van der Waals surface area contributed by atoms with Crippen LogP contribution in [-0.4, -0.2) is 58.8 Å². The molecule has 2 aliphatic heterocycles. The zero-order valence-corrected chi connectivity index (χ0v) is 13.4. The summed E-state index contributed by atoms with van der Waals surface area (Å²) >= 11 is 0. The smallest absolute Gasteiger partial charge is 0.343 e. The van der Waals surface area contributed by atoms with Gasteiger partial charge in [-0.25, -0.2) is 9.59 Å². The Bertz CT molecular complexity index is 470. The van der Waals surface area contributed by atoms with E-state index < -0.39 is 35.4 Å². The van der Waals surface area contributed by atoms with Crippen molar-refractivity contribution in [3.63, 3.8) is 0 Å². The Morgan fingerprint density at radius 3 is 2.23 bits per heavy atom. The van der Waals surface area contributed by atoms with Gasteiger partial charge < -0.3 is 19.5 Å². The Balaban J connectivity index is 2.41. The fourth-order valence-corrected chi connectivity index (χ4v) is 3.71. The predicted octanol–water partition coefficient (Wildman–Crippen LogP) is 0.0990. The van der Waals surface area contributed by atoms with Gasteiger partial charge in [-0.3, -0.25) is 4.79 Å². The van der Waals surface area contributed by atoms with Crippen LogP contribution in [0.3, 0.4) is 0 Å². The first-order valence-corrected chi connectivity index (χ1v) is 7.68. The van der Waals surface area contributed by atoms with Crippen molar-refractivity contribution >= 4 is 17.8 Å². The highest BCUT2D eigenvalue weighted by Crippen LogP contribution is 2.50. The van der Waals surface area contributed by atoms with Gasteiger partial charge in [0.25, 0.3) is 0 Å². The van der Waals surface area contributed by atoms with E-state index in [-0.39, 0.29) is 31.6 Å². The summed E-state index contributed by atoms with van der Waals surface area (Å²) in [5.74, 6) is -2.59.